The Morgan fingerprint density at radius 2 is 2.36 bits per heavy atom. The first-order valence-corrected chi connectivity index (χ1v) is 5.30. The summed E-state index contributed by atoms with van der Waals surface area (Å²) in [5.41, 5.74) is 1.08. The van der Waals surface area contributed by atoms with Gasteiger partial charge in [-0.3, -0.25) is 0 Å². The van der Waals surface area contributed by atoms with Crippen molar-refractivity contribution in [3.63, 3.8) is 0 Å². The molecule has 0 spiro atoms. The summed E-state index contributed by atoms with van der Waals surface area (Å²) >= 11 is 1.82. The van der Waals surface area contributed by atoms with Crippen LogP contribution in [-0.4, -0.2) is 5.16 Å². The van der Waals surface area contributed by atoms with Gasteiger partial charge in [-0.2, -0.15) is 0 Å². The van der Waals surface area contributed by atoms with Crippen molar-refractivity contribution in [2.24, 2.45) is 0 Å². The fraction of sp³-hybridized carbons (Fsp3) is 0.300. The third kappa shape index (κ3) is 2.43. The fourth-order valence-electron chi connectivity index (χ4n) is 1.22. The molecule has 2 rings (SSSR count). The van der Waals surface area contributed by atoms with E-state index in [0.29, 0.717) is 0 Å². The molecule has 0 unspecified atom stereocenters. The molecule has 0 bridgehead atoms. The zero-order valence-corrected chi connectivity index (χ0v) is 8.80. The van der Waals surface area contributed by atoms with Gasteiger partial charge < -0.3 is 9.84 Å². The predicted octanol–water partition coefficient (Wildman–Crippen LogP) is 2.33. The SMILES string of the molecule is Cc1ccc(CNCc2cnoc2)s1. The Morgan fingerprint density at radius 1 is 1.43 bits per heavy atom. The highest BCUT2D eigenvalue weighted by atomic mass is 32.1. The van der Waals surface area contributed by atoms with Gasteiger partial charge in [0.25, 0.3) is 0 Å². The molecule has 0 aromatic carbocycles. The van der Waals surface area contributed by atoms with Crippen molar-refractivity contribution in [1.29, 1.82) is 0 Å². The van der Waals surface area contributed by atoms with E-state index >= 15 is 0 Å². The summed E-state index contributed by atoms with van der Waals surface area (Å²) in [4.78, 5) is 2.71. The lowest BCUT2D eigenvalue weighted by molar-refractivity contribution is 0.418. The Morgan fingerprint density at radius 3 is 3.00 bits per heavy atom. The highest BCUT2D eigenvalue weighted by molar-refractivity contribution is 7.11. The average Bonchev–Trinajstić information content (AvgIpc) is 2.77. The molecule has 0 saturated heterocycles. The van der Waals surface area contributed by atoms with Crippen molar-refractivity contribution < 1.29 is 4.52 Å². The summed E-state index contributed by atoms with van der Waals surface area (Å²) in [6.45, 7) is 3.83. The molecule has 0 aliphatic carbocycles. The summed E-state index contributed by atoms with van der Waals surface area (Å²) in [6.07, 6.45) is 3.39. The lowest BCUT2D eigenvalue weighted by atomic mass is 10.3. The molecular weight excluding hydrogens is 196 g/mol. The highest BCUT2D eigenvalue weighted by Gasteiger charge is 1.97. The van der Waals surface area contributed by atoms with Crippen LogP contribution >= 0.6 is 11.3 Å². The second-order valence-corrected chi connectivity index (χ2v) is 4.52. The van der Waals surface area contributed by atoms with E-state index in [-0.39, 0.29) is 0 Å². The molecule has 0 saturated carbocycles. The number of thiophene rings is 1. The van der Waals surface area contributed by atoms with Crippen LogP contribution in [0.1, 0.15) is 15.3 Å². The molecule has 14 heavy (non-hydrogen) atoms. The minimum absolute atomic E-state index is 0.806. The van der Waals surface area contributed by atoms with Gasteiger partial charge in [0.2, 0.25) is 0 Å². The van der Waals surface area contributed by atoms with Crippen LogP contribution in [0.25, 0.3) is 0 Å². The van der Waals surface area contributed by atoms with Crippen LogP contribution in [0.4, 0.5) is 0 Å². The van der Waals surface area contributed by atoms with Gasteiger partial charge >= 0.3 is 0 Å². The van der Waals surface area contributed by atoms with Gasteiger partial charge in [0.1, 0.15) is 6.26 Å². The summed E-state index contributed by atoms with van der Waals surface area (Å²) in [6, 6.07) is 4.29. The second kappa shape index (κ2) is 4.39. The van der Waals surface area contributed by atoms with Crippen LogP contribution in [0.5, 0.6) is 0 Å². The zero-order valence-electron chi connectivity index (χ0n) is 7.99. The van der Waals surface area contributed by atoms with Gasteiger partial charge in [-0.25, -0.2) is 0 Å². The Balaban J connectivity index is 1.78. The molecular formula is C10H12N2OS. The Kier molecular flexibility index (Phi) is 2.96. The predicted molar refractivity (Wildman–Crippen MR) is 56.1 cm³/mol. The Bertz CT molecular complexity index is 380. The summed E-state index contributed by atoms with van der Waals surface area (Å²) < 4.78 is 4.73. The largest absolute Gasteiger partial charge is 0.364 e. The normalized spacial score (nSPS) is 10.6. The van der Waals surface area contributed by atoms with Crippen LogP contribution in [0.15, 0.2) is 29.1 Å². The third-order valence-electron chi connectivity index (χ3n) is 1.91. The molecule has 4 heteroatoms. The van der Waals surface area contributed by atoms with Crippen molar-refractivity contribution >= 4 is 11.3 Å². The summed E-state index contributed by atoms with van der Waals surface area (Å²) in [7, 11) is 0. The topological polar surface area (TPSA) is 38.1 Å². The monoisotopic (exact) mass is 208 g/mol. The molecule has 1 N–H and O–H groups in total. The van der Waals surface area contributed by atoms with E-state index in [1.165, 1.54) is 9.75 Å². The molecule has 2 aromatic heterocycles. The smallest absolute Gasteiger partial charge is 0.128 e. The van der Waals surface area contributed by atoms with Crippen molar-refractivity contribution in [3.05, 3.63) is 39.9 Å². The third-order valence-corrected chi connectivity index (χ3v) is 2.91. The number of hydrogen-bond acceptors (Lipinski definition) is 4. The maximum absolute atomic E-state index is 4.73. The fourth-order valence-corrected chi connectivity index (χ4v) is 2.08. The first kappa shape index (κ1) is 9.43. The molecule has 0 aliphatic rings. The van der Waals surface area contributed by atoms with Crippen LogP contribution < -0.4 is 5.32 Å². The van der Waals surface area contributed by atoms with E-state index in [4.69, 9.17) is 4.52 Å². The van der Waals surface area contributed by atoms with Crippen LogP contribution in [0.2, 0.25) is 0 Å². The van der Waals surface area contributed by atoms with Gasteiger partial charge in [-0.15, -0.1) is 11.3 Å². The van der Waals surface area contributed by atoms with E-state index in [9.17, 15) is 0 Å². The van der Waals surface area contributed by atoms with Gasteiger partial charge in [0.05, 0.1) is 6.20 Å². The lowest BCUT2D eigenvalue weighted by Crippen LogP contribution is -2.10. The molecule has 2 heterocycles. The van der Waals surface area contributed by atoms with Gasteiger partial charge in [-0.1, -0.05) is 5.16 Å². The van der Waals surface area contributed by atoms with E-state index < -0.39 is 0 Å². The van der Waals surface area contributed by atoms with Crippen molar-refractivity contribution in [2.45, 2.75) is 20.0 Å². The van der Waals surface area contributed by atoms with Gasteiger partial charge in [-0.05, 0) is 19.1 Å². The molecule has 0 fully saturated rings. The maximum atomic E-state index is 4.73. The molecule has 0 amide bonds. The standard InChI is InChI=1S/C10H12N2OS/c1-8-2-3-10(14-8)6-11-4-9-5-12-13-7-9/h2-3,5,7,11H,4,6H2,1H3. The minimum Gasteiger partial charge on any atom is -0.364 e. The first-order valence-electron chi connectivity index (χ1n) is 4.49. The Hall–Kier alpha value is -1.13. The van der Waals surface area contributed by atoms with E-state index in [1.54, 1.807) is 12.5 Å². The molecule has 74 valence electrons. The Labute approximate surface area is 86.7 Å². The van der Waals surface area contributed by atoms with E-state index in [2.05, 4.69) is 29.5 Å². The van der Waals surface area contributed by atoms with E-state index in [0.717, 1.165) is 18.7 Å². The number of aromatic nitrogens is 1. The molecule has 2 aromatic rings. The number of aryl methyl sites for hydroxylation is 1. The molecule has 0 atom stereocenters. The zero-order chi connectivity index (χ0) is 9.80. The highest BCUT2D eigenvalue weighted by Crippen LogP contribution is 2.14. The molecule has 0 aliphatic heterocycles. The van der Waals surface area contributed by atoms with Crippen molar-refractivity contribution in [3.8, 4) is 0 Å². The quantitative estimate of drug-likeness (QED) is 0.838. The van der Waals surface area contributed by atoms with Crippen molar-refractivity contribution in [2.75, 3.05) is 0 Å². The number of rotatable bonds is 4. The second-order valence-electron chi connectivity index (χ2n) is 3.15. The molecule has 0 radical (unpaired) electrons. The summed E-state index contributed by atoms with van der Waals surface area (Å²) in [5.74, 6) is 0. The van der Waals surface area contributed by atoms with Crippen molar-refractivity contribution in [1.82, 2.24) is 10.5 Å². The number of hydrogen-bond donors (Lipinski definition) is 1. The maximum Gasteiger partial charge on any atom is 0.128 e. The number of nitrogens with one attached hydrogen (secondary N) is 1. The van der Waals surface area contributed by atoms with Crippen LogP contribution in [-0.2, 0) is 13.1 Å². The van der Waals surface area contributed by atoms with E-state index in [1.807, 2.05) is 11.3 Å². The van der Waals surface area contributed by atoms with Gasteiger partial charge in [0, 0.05) is 28.4 Å². The van der Waals surface area contributed by atoms with Crippen LogP contribution in [0, 0.1) is 6.92 Å². The lowest BCUT2D eigenvalue weighted by Gasteiger charge is -1.98. The number of nitrogens with zero attached hydrogens (tertiary/aromatic N) is 1. The average molecular weight is 208 g/mol. The molecule has 3 nitrogen and oxygen atoms in total. The summed E-state index contributed by atoms with van der Waals surface area (Å²) in [5, 5.41) is 6.97. The van der Waals surface area contributed by atoms with Crippen LogP contribution in [0.3, 0.4) is 0 Å². The minimum atomic E-state index is 0.806. The first-order chi connectivity index (χ1) is 6.84. The van der Waals surface area contributed by atoms with Gasteiger partial charge in [0.15, 0.2) is 0 Å².